The normalized spacial score (nSPS) is 19.3. The molecule has 1 aromatic heterocycles. The van der Waals surface area contributed by atoms with E-state index < -0.39 is 28.4 Å². The topological polar surface area (TPSA) is 161 Å². The minimum Gasteiger partial charge on any atom is -0.333 e. The lowest BCUT2D eigenvalue weighted by atomic mass is 10.00. The van der Waals surface area contributed by atoms with Gasteiger partial charge in [-0.15, -0.1) is 17.9 Å². The molecule has 2 aliphatic heterocycles. The molecule has 2 aromatic carbocycles. The van der Waals surface area contributed by atoms with E-state index in [1.54, 1.807) is 21.5 Å². The molecule has 0 unspecified atom stereocenters. The number of nitrogens with one attached hydrogen (secondary N) is 2. The maximum Gasteiger partial charge on any atom is 0.334 e. The molecule has 4 N–H and O–H groups in total. The lowest BCUT2D eigenvalue weighted by Crippen LogP contribution is -2.76. The first kappa shape index (κ1) is 31.5. The fourth-order valence-electron chi connectivity index (χ4n) is 5.73. The highest BCUT2D eigenvalue weighted by Crippen LogP contribution is 2.31. The van der Waals surface area contributed by atoms with Crippen molar-refractivity contribution in [1.82, 2.24) is 34.8 Å². The molecule has 15 heteroatoms. The molecule has 0 aliphatic carbocycles. The fourth-order valence-corrected chi connectivity index (χ4v) is 6.88. The number of hydrazine groups is 1. The van der Waals surface area contributed by atoms with E-state index in [2.05, 4.69) is 21.6 Å². The standard InChI is InChI=1S/C29H36N8O5S2/c1-2-15-35-19-26(38)36-23(12-6-7-14-33-44(30,41)42)28(39)34(17-22-11-8-13-24-27(22)32-20-43-24)18-25(36)37(35)29(40)31-16-21-9-4-3-5-10-21/h2-5,8-11,13,20,23,25,33H,1,6-7,12,14-19H2,(H,31,40)(H2,30,41,42)/t23-,25-/m0/s1. The molecule has 0 saturated carbocycles. The number of fused-ring (bicyclic) bond motifs is 2. The fraction of sp³-hybridized carbons (Fsp3) is 0.379. The summed E-state index contributed by atoms with van der Waals surface area (Å²) in [6.07, 6.45) is 2.00. The van der Waals surface area contributed by atoms with E-state index in [1.165, 1.54) is 21.2 Å². The second-order valence-corrected chi connectivity index (χ2v) is 13.0. The quantitative estimate of drug-likeness (QED) is 0.201. The van der Waals surface area contributed by atoms with E-state index in [1.807, 2.05) is 48.5 Å². The van der Waals surface area contributed by atoms with Gasteiger partial charge in [-0.25, -0.2) is 29.7 Å². The zero-order valence-corrected chi connectivity index (χ0v) is 25.8. The van der Waals surface area contributed by atoms with Gasteiger partial charge in [0.15, 0.2) is 0 Å². The first-order valence-electron chi connectivity index (χ1n) is 14.3. The van der Waals surface area contributed by atoms with Crippen LogP contribution in [0.5, 0.6) is 0 Å². The number of carbonyl (C=O) groups excluding carboxylic acids is 3. The Morgan fingerprint density at radius 3 is 2.68 bits per heavy atom. The monoisotopic (exact) mass is 640 g/mol. The van der Waals surface area contributed by atoms with Gasteiger partial charge in [0.2, 0.25) is 11.8 Å². The minimum absolute atomic E-state index is 0.0982. The number of thiazole rings is 1. The predicted octanol–water partition coefficient (Wildman–Crippen LogP) is 1.75. The van der Waals surface area contributed by atoms with Crippen LogP contribution in [0.15, 0.2) is 66.7 Å². The second-order valence-electron chi connectivity index (χ2n) is 10.7. The molecule has 4 amide bonds. The van der Waals surface area contributed by atoms with Crippen LogP contribution < -0.4 is 15.2 Å². The number of nitrogens with zero attached hydrogens (tertiary/aromatic N) is 5. The molecule has 2 atom stereocenters. The molecule has 234 valence electrons. The predicted molar refractivity (Wildman–Crippen MR) is 167 cm³/mol. The van der Waals surface area contributed by atoms with E-state index >= 15 is 0 Å². The van der Waals surface area contributed by atoms with E-state index in [9.17, 15) is 22.8 Å². The zero-order chi connectivity index (χ0) is 31.3. The van der Waals surface area contributed by atoms with Gasteiger partial charge in [-0.3, -0.25) is 9.59 Å². The first-order valence-corrected chi connectivity index (χ1v) is 16.7. The number of hydrogen-bond donors (Lipinski definition) is 3. The van der Waals surface area contributed by atoms with Crippen molar-refractivity contribution in [2.75, 3.05) is 26.2 Å². The highest BCUT2D eigenvalue weighted by atomic mass is 32.2. The Bertz CT molecular complexity index is 1620. The molecule has 2 saturated heterocycles. The molecule has 0 radical (unpaired) electrons. The van der Waals surface area contributed by atoms with Crippen molar-refractivity contribution in [3.8, 4) is 0 Å². The van der Waals surface area contributed by atoms with Gasteiger partial charge in [0.05, 0.1) is 28.8 Å². The summed E-state index contributed by atoms with van der Waals surface area (Å²) in [5, 5.41) is 11.2. The smallest absolute Gasteiger partial charge is 0.333 e. The van der Waals surface area contributed by atoms with Crippen molar-refractivity contribution < 1.29 is 22.8 Å². The third-order valence-corrected chi connectivity index (χ3v) is 9.08. The van der Waals surface area contributed by atoms with Gasteiger partial charge in [-0.1, -0.05) is 48.5 Å². The average Bonchev–Trinajstić information content (AvgIpc) is 3.48. The van der Waals surface area contributed by atoms with Crippen LogP contribution in [0, 0.1) is 0 Å². The Labute approximate surface area is 260 Å². The van der Waals surface area contributed by atoms with E-state index in [0.29, 0.717) is 12.8 Å². The minimum atomic E-state index is -3.84. The highest BCUT2D eigenvalue weighted by molar-refractivity contribution is 7.87. The first-order chi connectivity index (χ1) is 21.2. The number of benzene rings is 2. The lowest BCUT2D eigenvalue weighted by molar-refractivity contribution is -0.190. The molecule has 44 heavy (non-hydrogen) atoms. The number of aromatic nitrogens is 1. The van der Waals surface area contributed by atoms with Crippen LogP contribution in [0.1, 0.15) is 30.4 Å². The van der Waals surface area contributed by atoms with Crippen molar-refractivity contribution >= 4 is 49.6 Å². The Kier molecular flexibility index (Phi) is 9.90. The van der Waals surface area contributed by atoms with Gasteiger partial charge < -0.3 is 15.1 Å². The molecule has 2 fully saturated rings. The molecule has 5 rings (SSSR count). The van der Waals surface area contributed by atoms with Crippen LogP contribution in [-0.4, -0.2) is 89.5 Å². The molecule has 3 aromatic rings. The maximum absolute atomic E-state index is 14.1. The molecule has 13 nitrogen and oxygen atoms in total. The number of nitrogens with two attached hydrogens (primary N) is 1. The third-order valence-electron chi connectivity index (χ3n) is 7.68. The largest absolute Gasteiger partial charge is 0.334 e. The second kappa shape index (κ2) is 13.8. The van der Waals surface area contributed by atoms with Crippen molar-refractivity contribution in [3.63, 3.8) is 0 Å². The SMILES string of the molecule is C=CCN1CC(=O)N2[C@@H](CCCCNS(N)(=O)=O)C(=O)N(Cc3cccc4scnc34)C[C@@H]2N1C(=O)NCc1ccccc1. The van der Waals surface area contributed by atoms with Crippen LogP contribution in [0.3, 0.4) is 0 Å². The maximum atomic E-state index is 14.1. The van der Waals surface area contributed by atoms with Crippen molar-refractivity contribution in [1.29, 1.82) is 0 Å². The summed E-state index contributed by atoms with van der Waals surface area (Å²) >= 11 is 1.51. The van der Waals surface area contributed by atoms with Gasteiger partial charge in [0.1, 0.15) is 12.2 Å². The zero-order valence-electron chi connectivity index (χ0n) is 24.2. The Morgan fingerprint density at radius 1 is 1.14 bits per heavy atom. The van der Waals surface area contributed by atoms with Crippen LogP contribution in [0.2, 0.25) is 0 Å². The molecule has 2 aliphatic rings. The molecular formula is C29H36N8O5S2. The average molecular weight is 641 g/mol. The summed E-state index contributed by atoms with van der Waals surface area (Å²) in [6.45, 7) is 4.71. The molecular weight excluding hydrogens is 605 g/mol. The number of hydrogen-bond acceptors (Lipinski definition) is 8. The van der Waals surface area contributed by atoms with Crippen LogP contribution in [-0.2, 0) is 32.9 Å². The third kappa shape index (κ3) is 7.25. The van der Waals surface area contributed by atoms with E-state index in [-0.39, 0.29) is 57.5 Å². The van der Waals surface area contributed by atoms with Crippen molar-refractivity contribution in [2.45, 2.75) is 44.6 Å². The van der Waals surface area contributed by atoms with Crippen molar-refractivity contribution in [2.24, 2.45) is 5.14 Å². The van der Waals surface area contributed by atoms with Crippen molar-refractivity contribution in [3.05, 3.63) is 77.8 Å². The number of unbranched alkanes of at least 4 members (excludes halogenated alkanes) is 1. The number of piperazine rings is 1. The summed E-state index contributed by atoms with van der Waals surface area (Å²) in [5.74, 6) is -0.505. The number of amides is 4. The molecule has 3 heterocycles. The summed E-state index contributed by atoms with van der Waals surface area (Å²) in [5.41, 5.74) is 4.36. The molecule has 0 spiro atoms. The summed E-state index contributed by atoms with van der Waals surface area (Å²) in [4.78, 5) is 49.2. The highest BCUT2D eigenvalue weighted by Gasteiger charge is 2.51. The van der Waals surface area contributed by atoms with Gasteiger partial charge in [-0.05, 0) is 36.5 Å². The number of para-hydroxylation sites is 1. The van der Waals surface area contributed by atoms with Gasteiger partial charge in [-0.2, -0.15) is 8.42 Å². The summed E-state index contributed by atoms with van der Waals surface area (Å²) < 4.78 is 25.8. The van der Waals surface area contributed by atoms with Crippen LogP contribution in [0.4, 0.5) is 4.79 Å². The van der Waals surface area contributed by atoms with Gasteiger partial charge >= 0.3 is 6.03 Å². The van der Waals surface area contributed by atoms with Crippen LogP contribution in [0.25, 0.3) is 10.2 Å². The van der Waals surface area contributed by atoms with Gasteiger partial charge in [0, 0.05) is 26.2 Å². The number of urea groups is 1. The Morgan fingerprint density at radius 2 is 1.93 bits per heavy atom. The van der Waals surface area contributed by atoms with Crippen LogP contribution >= 0.6 is 11.3 Å². The number of carbonyl (C=O) groups is 3. The van der Waals surface area contributed by atoms with E-state index in [0.717, 1.165) is 21.3 Å². The summed E-state index contributed by atoms with van der Waals surface area (Å²) in [7, 11) is -3.84. The number of rotatable bonds is 12. The lowest BCUT2D eigenvalue weighted by Gasteiger charge is -2.55. The van der Waals surface area contributed by atoms with Gasteiger partial charge in [0.25, 0.3) is 10.2 Å². The summed E-state index contributed by atoms with van der Waals surface area (Å²) in [6, 6.07) is 14.1. The van der Waals surface area contributed by atoms with E-state index in [4.69, 9.17) is 5.14 Å². The Hall–Kier alpha value is -3.89. The molecule has 0 bridgehead atoms. The Balaban J connectivity index is 1.44.